The molecule has 1 unspecified atom stereocenters. The minimum atomic E-state index is -3.20. The number of rotatable bonds is 4. The van der Waals surface area contributed by atoms with E-state index in [1.54, 1.807) is 29.7 Å². The fourth-order valence-electron chi connectivity index (χ4n) is 2.02. The van der Waals surface area contributed by atoms with Gasteiger partial charge in [-0.1, -0.05) is 6.92 Å². The summed E-state index contributed by atoms with van der Waals surface area (Å²) < 4.78 is 24.3. The second-order valence-corrected chi connectivity index (χ2v) is 7.98. The molecular formula is C12H16N2O4S2. The first kappa shape index (κ1) is 15.1. The van der Waals surface area contributed by atoms with Crippen molar-refractivity contribution in [1.82, 2.24) is 4.98 Å². The zero-order valence-corrected chi connectivity index (χ0v) is 12.7. The molecule has 2 rings (SSSR count). The maximum absolute atomic E-state index is 12.1. The summed E-state index contributed by atoms with van der Waals surface area (Å²) in [6.07, 6.45) is 1.26. The van der Waals surface area contributed by atoms with Crippen LogP contribution in [0.1, 0.15) is 17.3 Å². The Morgan fingerprint density at radius 1 is 1.55 bits per heavy atom. The van der Waals surface area contributed by atoms with Gasteiger partial charge < -0.3 is 10.0 Å². The van der Waals surface area contributed by atoms with Crippen LogP contribution >= 0.6 is 11.8 Å². The number of thioether (sulfide) groups is 1. The van der Waals surface area contributed by atoms with E-state index in [0.29, 0.717) is 18.1 Å². The van der Waals surface area contributed by atoms with Crippen LogP contribution in [-0.4, -0.2) is 53.7 Å². The van der Waals surface area contributed by atoms with E-state index in [9.17, 15) is 13.2 Å². The standard InChI is InChI=1S/C12H16N2O4S2/c1-2-20(17,18)11-8-19-6-5-14(11)10-4-3-9(7-13-10)12(15)16/h3-4,7,11H,2,5-6,8H2,1H3,(H,15,16). The van der Waals surface area contributed by atoms with Crippen molar-refractivity contribution in [1.29, 1.82) is 0 Å². The number of pyridine rings is 1. The van der Waals surface area contributed by atoms with Crippen molar-refractivity contribution in [3.8, 4) is 0 Å². The monoisotopic (exact) mass is 316 g/mol. The molecule has 1 aliphatic heterocycles. The lowest BCUT2D eigenvalue weighted by Crippen LogP contribution is -2.48. The van der Waals surface area contributed by atoms with E-state index in [2.05, 4.69) is 4.98 Å². The van der Waals surface area contributed by atoms with Crippen LogP contribution in [0.15, 0.2) is 18.3 Å². The van der Waals surface area contributed by atoms with Gasteiger partial charge in [-0.25, -0.2) is 18.2 Å². The smallest absolute Gasteiger partial charge is 0.337 e. The van der Waals surface area contributed by atoms with Crippen molar-refractivity contribution in [3.05, 3.63) is 23.9 Å². The Morgan fingerprint density at radius 3 is 2.85 bits per heavy atom. The third kappa shape index (κ3) is 3.06. The van der Waals surface area contributed by atoms with E-state index < -0.39 is 21.2 Å². The van der Waals surface area contributed by atoms with Gasteiger partial charge in [0.1, 0.15) is 11.2 Å². The van der Waals surface area contributed by atoms with Crippen LogP contribution in [0.5, 0.6) is 0 Å². The summed E-state index contributed by atoms with van der Waals surface area (Å²) in [6, 6.07) is 3.01. The molecule has 0 radical (unpaired) electrons. The van der Waals surface area contributed by atoms with E-state index in [-0.39, 0.29) is 11.3 Å². The zero-order valence-electron chi connectivity index (χ0n) is 11.0. The Kier molecular flexibility index (Phi) is 4.54. The van der Waals surface area contributed by atoms with Crippen molar-refractivity contribution in [2.45, 2.75) is 12.3 Å². The van der Waals surface area contributed by atoms with Crippen molar-refractivity contribution >= 4 is 33.4 Å². The third-order valence-electron chi connectivity index (χ3n) is 3.19. The second-order valence-electron chi connectivity index (χ2n) is 4.38. The van der Waals surface area contributed by atoms with Gasteiger partial charge in [0.05, 0.1) is 5.56 Å². The van der Waals surface area contributed by atoms with Crippen LogP contribution in [0.2, 0.25) is 0 Å². The topological polar surface area (TPSA) is 87.6 Å². The molecule has 110 valence electrons. The summed E-state index contributed by atoms with van der Waals surface area (Å²) in [5.41, 5.74) is 0.0926. The van der Waals surface area contributed by atoms with E-state index in [0.717, 1.165) is 5.75 Å². The van der Waals surface area contributed by atoms with E-state index in [1.165, 1.54) is 12.3 Å². The molecule has 2 heterocycles. The molecule has 8 heteroatoms. The number of carboxylic acid groups (broad SMARTS) is 1. The van der Waals surface area contributed by atoms with Crippen LogP contribution in [0.4, 0.5) is 5.82 Å². The average Bonchev–Trinajstić information content (AvgIpc) is 2.47. The van der Waals surface area contributed by atoms with Crippen molar-refractivity contribution < 1.29 is 18.3 Å². The molecule has 0 spiro atoms. The van der Waals surface area contributed by atoms with Gasteiger partial charge in [0, 0.05) is 30.0 Å². The van der Waals surface area contributed by atoms with Crippen LogP contribution < -0.4 is 4.90 Å². The summed E-state index contributed by atoms with van der Waals surface area (Å²) in [5, 5.41) is 8.26. The second kappa shape index (κ2) is 6.01. The molecule has 1 aromatic rings. The molecule has 20 heavy (non-hydrogen) atoms. The summed E-state index contributed by atoms with van der Waals surface area (Å²) >= 11 is 1.61. The van der Waals surface area contributed by atoms with Crippen LogP contribution in [0.3, 0.4) is 0 Å². The first-order chi connectivity index (χ1) is 9.45. The summed E-state index contributed by atoms with van der Waals surface area (Å²) in [5.74, 6) is 0.895. The van der Waals surface area contributed by atoms with Crippen molar-refractivity contribution in [2.75, 3.05) is 28.7 Å². The summed E-state index contributed by atoms with van der Waals surface area (Å²) in [4.78, 5) is 16.6. The lowest BCUT2D eigenvalue weighted by Gasteiger charge is -2.35. The molecule has 1 N–H and O–H groups in total. The zero-order chi connectivity index (χ0) is 14.8. The Balaban J connectivity index is 2.30. The number of anilines is 1. The first-order valence-electron chi connectivity index (χ1n) is 6.21. The Labute approximate surface area is 122 Å². The van der Waals surface area contributed by atoms with E-state index in [4.69, 9.17) is 5.11 Å². The van der Waals surface area contributed by atoms with E-state index in [1.807, 2.05) is 0 Å². The van der Waals surface area contributed by atoms with Gasteiger partial charge in [-0.2, -0.15) is 11.8 Å². The predicted octanol–water partition coefficient (Wildman–Crippen LogP) is 1.09. The number of sulfone groups is 1. The SMILES string of the molecule is CCS(=O)(=O)C1CSCCN1c1ccc(C(=O)O)cn1. The van der Waals surface area contributed by atoms with Gasteiger partial charge in [0.2, 0.25) is 0 Å². The van der Waals surface area contributed by atoms with Gasteiger partial charge >= 0.3 is 5.97 Å². The summed E-state index contributed by atoms with van der Waals surface area (Å²) in [6.45, 7) is 2.22. The molecule has 1 fully saturated rings. The minimum absolute atomic E-state index is 0.0853. The third-order valence-corrected chi connectivity index (χ3v) is 6.48. The Bertz CT molecular complexity index is 586. The highest BCUT2D eigenvalue weighted by molar-refractivity contribution is 8.01. The normalized spacial score (nSPS) is 19.9. The number of aromatic nitrogens is 1. The van der Waals surface area contributed by atoms with E-state index >= 15 is 0 Å². The molecule has 1 aliphatic rings. The fourth-order valence-corrected chi connectivity index (χ4v) is 4.99. The number of aromatic carboxylic acids is 1. The maximum atomic E-state index is 12.1. The average molecular weight is 316 g/mol. The van der Waals surface area contributed by atoms with Gasteiger partial charge in [-0.05, 0) is 12.1 Å². The molecule has 0 saturated carbocycles. The van der Waals surface area contributed by atoms with Crippen molar-refractivity contribution in [2.24, 2.45) is 0 Å². The van der Waals surface area contributed by atoms with Gasteiger partial charge in [-0.3, -0.25) is 0 Å². The molecular weight excluding hydrogens is 300 g/mol. The number of carbonyl (C=O) groups is 1. The molecule has 1 atom stereocenters. The summed E-state index contributed by atoms with van der Waals surface area (Å²) in [7, 11) is -3.20. The molecule has 1 aromatic heterocycles. The fraction of sp³-hybridized carbons (Fsp3) is 0.500. The Hall–Kier alpha value is -1.28. The van der Waals surface area contributed by atoms with Gasteiger partial charge in [0.15, 0.2) is 9.84 Å². The highest BCUT2D eigenvalue weighted by Gasteiger charge is 2.33. The molecule has 6 nitrogen and oxygen atoms in total. The highest BCUT2D eigenvalue weighted by Crippen LogP contribution is 2.26. The van der Waals surface area contributed by atoms with Crippen LogP contribution in [0, 0.1) is 0 Å². The predicted molar refractivity (Wildman–Crippen MR) is 79.1 cm³/mol. The molecule has 1 saturated heterocycles. The van der Waals surface area contributed by atoms with Crippen molar-refractivity contribution in [3.63, 3.8) is 0 Å². The highest BCUT2D eigenvalue weighted by atomic mass is 32.2. The number of carboxylic acids is 1. The molecule has 0 aliphatic carbocycles. The van der Waals surface area contributed by atoms with Crippen LogP contribution in [0.25, 0.3) is 0 Å². The molecule has 0 aromatic carbocycles. The van der Waals surface area contributed by atoms with Gasteiger partial charge in [0.25, 0.3) is 0 Å². The quantitative estimate of drug-likeness (QED) is 0.889. The Morgan fingerprint density at radius 2 is 2.30 bits per heavy atom. The lowest BCUT2D eigenvalue weighted by molar-refractivity contribution is 0.0696. The number of hydrogen-bond acceptors (Lipinski definition) is 6. The van der Waals surface area contributed by atoms with Gasteiger partial charge in [-0.15, -0.1) is 0 Å². The minimum Gasteiger partial charge on any atom is -0.478 e. The molecule has 0 amide bonds. The molecule has 0 bridgehead atoms. The first-order valence-corrected chi connectivity index (χ1v) is 9.08. The lowest BCUT2D eigenvalue weighted by atomic mass is 10.3. The largest absolute Gasteiger partial charge is 0.478 e. The van der Waals surface area contributed by atoms with Crippen LogP contribution in [-0.2, 0) is 9.84 Å². The number of nitrogens with zero attached hydrogens (tertiary/aromatic N) is 2. The maximum Gasteiger partial charge on any atom is 0.337 e. The number of hydrogen-bond donors (Lipinski definition) is 1.